The first-order valence-electron chi connectivity index (χ1n) is 7.04. The highest BCUT2D eigenvalue weighted by atomic mass is 35.5. The molecule has 0 aliphatic carbocycles. The maximum Gasteiger partial charge on any atom is 0.232 e. The Morgan fingerprint density at radius 1 is 1.37 bits per heavy atom. The molecule has 0 aliphatic heterocycles. The Morgan fingerprint density at radius 2 is 2.11 bits per heavy atom. The van der Waals surface area contributed by atoms with Gasteiger partial charge in [-0.05, 0) is 37.4 Å². The first-order chi connectivity index (χ1) is 9.02. The Labute approximate surface area is 121 Å². The van der Waals surface area contributed by atoms with E-state index in [4.69, 9.17) is 16.3 Å². The summed E-state index contributed by atoms with van der Waals surface area (Å²) >= 11 is 6.20. The van der Waals surface area contributed by atoms with E-state index in [0.717, 1.165) is 31.5 Å². The minimum atomic E-state index is 0.153. The zero-order valence-electron chi connectivity index (χ0n) is 12.4. The van der Waals surface area contributed by atoms with Crippen LogP contribution in [0.1, 0.15) is 46.1 Å². The van der Waals surface area contributed by atoms with Gasteiger partial charge in [0.05, 0.1) is 6.10 Å². The molecule has 1 unspecified atom stereocenters. The van der Waals surface area contributed by atoms with Crippen LogP contribution in [0.4, 0.5) is 0 Å². The second-order valence-electron chi connectivity index (χ2n) is 5.37. The van der Waals surface area contributed by atoms with E-state index in [9.17, 15) is 0 Å². The molecule has 0 aliphatic rings. The average molecular weight is 285 g/mol. The molecule has 19 heavy (non-hydrogen) atoms. The summed E-state index contributed by atoms with van der Waals surface area (Å²) in [4.78, 5) is 4.30. The number of hydrogen-bond donors (Lipinski definition) is 1. The molecule has 1 heterocycles. The fraction of sp³-hybridized carbons (Fsp3) is 0.667. The lowest BCUT2D eigenvalue weighted by Gasteiger charge is -2.14. The predicted molar refractivity (Wildman–Crippen MR) is 80.8 cm³/mol. The second kappa shape index (κ2) is 8.39. The first kappa shape index (κ1) is 16.3. The van der Waals surface area contributed by atoms with Gasteiger partial charge in [-0.3, -0.25) is 0 Å². The molecule has 0 saturated carbocycles. The summed E-state index contributed by atoms with van der Waals surface area (Å²) < 4.78 is 5.72. The van der Waals surface area contributed by atoms with Crippen LogP contribution in [0.3, 0.4) is 0 Å². The van der Waals surface area contributed by atoms with E-state index in [1.807, 2.05) is 19.2 Å². The lowest BCUT2D eigenvalue weighted by Crippen LogP contribution is -2.19. The van der Waals surface area contributed by atoms with Crippen LogP contribution in [-0.2, 0) is 6.54 Å². The summed E-state index contributed by atoms with van der Waals surface area (Å²) in [6, 6.07) is 1.93. The molecule has 1 N–H and O–H groups in total. The minimum Gasteiger partial charge on any atom is -0.474 e. The molecular formula is C15H25ClN2O. The number of hydrogen-bond acceptors (Lipinski definition) is 3. The van der Waals surface area contributed by atoms with Crippen molar-refractivity contribution in [3.05, 3.63) is 22.8 Å². The summed E-state index contributed by atoms with van der Waals surface area (Å²) in [6.45, 7) is 10.3. The summed E-state index contributed by atoms with van der Waals surface area (Å²) in [7, 11) is 0. The zero-order valence-corrected chi connectivity index (χ0v) is 13.1. The molecule has 0 saturated heterocycles. The van der Waals surface area contributed by atoms with Crippen molar-refractivity contribution in [2.24, 2.45) is 5.92 Å². The molecule has 0 spiro atoms. The van der Waals surface area contributed by atoms with Crippen LogP contribution >= 0.6 is 11.6 Å². The molecule has 1 atom stereocenters. The highest BCUT2D eigenvalue weighted by molar-refractivity contribution is 6.31. The predicted octanol–water partition coefficient (Wildman–Crippen LogP) is 4.05. The normalized spacial score (nSPS) is 12.7. The molecule has 0 fully saturated rings. The molecule has 3 nitrogen and oxygen atoms in total. The molecule has 0 radical (unpaired) electrons. The third-order valence-electron chi connectivity index (χ3n) is 2.75. The van der Waals surface area contributed by atoms with Crippen LogP contribution in [0.5, 0.6) is 5.88 Å². The second-order valence-corrected chi connectivity index (χ2v) is 5.78. The van der Waals surface area contributed by atoms with Crippen molar-refractivity contribution >= 4 is 11.6 Å². The lowest BCUT2D eigenvalue weighted by molar-refractivity contribution is 0.201. The van der Waals surface area contributed by atoms with Crippen molar-refractivity contribution in [3.63, 3.8) is 0 Å². The lowest BCUT2D eigenvalue weighted by atomic mass is 10.2. The average Bonchev–Trinajstić information content (AvgIpc) is 2.32. The van der Waals surface area contributed by atoms with Gasteiger partial charge in [-0.1, -0.05) is 38.8 Å². The molecule has 1 aromatic rings. The number of ether oxygens (including phenoxy) is 1. The first-order valence-corrected chi connectivity index (χ1v) is 7.42. The highest BCUT2D eigenvalue weighted by Crippen LogP contribution is 2.24. The monoisotopic (exact) mass is 284 g/mol. The Kier molecular flexibility index (Phi) is 7.17. The van der Waals surface area contributed by atoms with Crippen LogP contribution in [0.25, 0.3) is 0 Å². The number of nitrogens with one attached hydrogen (secondary N) is 1. The van der Waals surface area contributed by atoms with Crippen LogP contribution in [-0.4, -0.2) is 17.6 Å². The van der Waals surface area contributed by atoms with Crippen LogP contribution in [0.15, 0.2) is 12.3 Å². The van der Waals surface area contributed by atoms with Gasteiger partial charge in [0, 0.05) is 12.7 Å². The van der Waals surface area contributed by atoms with Gasteiger partial charge in [-0.2, -0.15) is 0 Å². The topological polar surface area (TPSA) is 34.1 Å². The SMILES string of the molecule is CCCC(C)Oc1ncc(CNCC(C)C)cc1Cl. The molecule has 0 amide bonds. The van der Waals surface area contributed by atoms with Crippen molar-refractivity contribution in [1.82, 2.24) is 10.3 Å². The van der Waals surface area contributed by atoms with E-state index in [1.165, 1.54) is 0 Å². The summed E-state index contributed by atoms with van der Waals surface area (Å²) in [5.41, 5.74) is 1.08. The summed E-state index contributed by atoms with van der Waals surface area (Å²) in [6.07, 6.45) is 4.08. The van der Waals surface area contributed by atoms with E-state index in [0.29, 0.717) is 16.8 Å². The van der Waals surface area contributed by atoms with Gasteiger partial charge in [0.25, 0.3) is 0 Å². The number of pyridine rings is 1. The van der Waals surface area contributed by atoms with Gasteiger partial charge in [0.1, 0.15) is 5.02 Å². The maximum absolute atomic E-state index is 6.20. The standard InChI is InChI=1S/C15H25ClN2O/c1-5-6-12(4)19-15-14(16)7-13(10-18-15)9-17-8-11(2)3/h7,10-12,17H,5-6,8-9H2,1-4H3. The largest absolute Gasteiger partial charge is 0.474 e. The van der Waals surface area contributed by atoms with E-state index in [-0.39, 0.29) is 6.10 Å². The Hall–Kier alpha value is -0.800. The Morgan fingerprint density at radius 3 is 2.68 bits per heavy atom. The number of rotatable bonds is 8. The van der Waals surface area contributed by atoms with E-state index >= 15 is 0 Å². The van der Waals surface area contributed by atoms with Gasteiger partial charge in [-0.25, -0.2) is 4.98 Å². The van der Waals surface area contributed by atoms with Gasteiger partial charge >= 0.3 is 0 Å². The highest BCUT2D eigenvalue weighted by Gasteiger charge is 2.09. The smallest absolute Gasteiger partial charge is 0.232 e. The van der Waals surface area contributed by atoms with Crippen LogP contribution in [0.2, 0.25) is 5.02 Å². The number of halogens is 1. The van der Waals surface area contributed by atoms with Crippen molar-refractivity contribution in [1.29, 1.82) is 0 Å². The number of aromatic nitrogens is 1. The molecule has 1 aromatic heterocycles. The van der Waals surface area contributed by atoms with E-state index < -0.39 is 0 Å². The molecule has 1 rings (SSSR count). The van der Waals surface area contributed by atoms with Gasteiger partial charge in [0.15, 0.2) is 0 Å². The summed E-state index contributed by atoms with van der Waals surface area (Å²) in [5, 5.41) is 3.96. The Bertz CT molecular complexity index is 382. The maximum atomic E-state index is 6.20. The van der Waals surface area contributed by atoms with Crippen molar-refractivity contribution < 1.29 is 4.74 Å². The molecule has 4 heteroatoms. The van der Waals surface area contributed by atoms with Crippen molar-refractivity contribution in [3.8, 4) is 5.88 Å². The van der Waals surface area contributed by atoms with E-state index in [1.54, 1.807) is 0 Å². The Balaban J connectivity index is 2.54. The fourth-order valence-corrected chi connectivity index (χ4v) is 2.04. The fourth-order valence-electron chi connectivity index (χ4n) is 1.81. The van der Waals surface area contributed by atoms with Crippen molar-refractivity contribution in [2.75, 3.05) is 6.54 Å². The van der Waals surface area contributed by atoms with Gasteiger partial charge in [-0.15, -0.1) is 0 Å². The van der Waals surface area contributed by atoms with Gasteiger partial charge < -0.3 is 10.1 Å². The van der Waals surface area contributed by atoms with Gasteiger partial charge in [0.2, 0.25) is 5.88 Å². The molecule has 0 aromatic carbocycles. The minimum absolute atomic E-state index is 0.153. The van der Waals surface area contributed by atoms with Crippen LogP contribution < -0.4 is 10.1 Å². The van der Waals surface area contributed by atoms with Crippen LogP contribution in [0, 0.1) is 5.92 Å². The van der Waals surface area contributed by atoms with Crippen molar-refractivity contribution in [2.45, 2.75) is 53.2 Å². The summed E-state index contributed by atoms with van der Waals surface area (Å²) in [5.74, 6) is 1.18. The third kappa shape index (κ3) is 6.26. The molecule has 0 bridgehead atoms. The zero-order chi connectivity index (χ0) is 14.3. The number of nitrogens with zero attached hydrogens (tertiary/aromatic N) is 1. The molecule has 108 valence electrons. The van der Waals surface area contributed by atoms with E-state index in [2.05, 4.69) is 31.1 Å². The third-order valence-corrected chi connectivity index (χ3v) is 3.02. The quantitative estimate of drug-likeness (QED) is 0.782. The molecular weight excluding hydrogens is 260 g/mol.